The van der Waals surface area contributed by atoms with Gasteiger partial charge in [0.1, 0.15) is 5.75 Å². The van der Waals surface area contributed by atoms with Crippen LogP contribution in [0.5, 0.6) is 5.75 Å². The van der Waals surface area contributed by atoms with E-state index < -0.39 is 0 Å². The molecule has 0 heterocycles. The Morgan fingerprint density at radius 1 is 1.25 bits per heavy atom. The molecule has 0 bridgehead atoms. The van der Waals surface area contributed by atoms with Gasteiger partial charge in [-0.2, -0.15) is 0 Å². The fraction of sp³-hybridized carbons (Fsp3) is 0.250. The molecule has 0 aromatic heterocycles. The van der Waals surface area contributed by atoms with Crippen LogP contribution in [0.1, 0.15) is 24.1 Å². The van der Waals surface area contributed by atoms with Gasteiger partial charge in [-0.05, 0) is 58.2 Å². The minimum atomic E-state index is 0.250. The van der Waals surface area contributed by atoms with Crippen molar-refractivity contribution in [3.8, 4) is 5.75 Å². The summed E-state index contributed by atoms with van der Waals surface area (Å²) in [6, 6.07) is 14.3. The lowest BCUT2D eigenvalue weighted by Crippen LogP contribution is -2.18. The lowest BCUT2D eigenvalue weighted by molar-refractivity contribution is 0.413. The first-order chi connectivity index (χ1) is 9.60. The second-order valence-electron chi connectivity index (χ2n) is 4.63. The summed E-state index contributed by atoms with van der Waals surface area (Å²) in [6.45, 7) is 2.92. The molecular formula is C16H17BrClNO. The Labute approximate surface area is 133 Å². The maximum absolute atomic E-state index is 5.99. The molecule has 0 aliphatic heterocycles. The maximum atomic E-state index is 5.99. The Kier molecular flexibility index (Phi) is 5.46. The lowest BCUT2D eigenvalue weighted by atomic mass is 10.1. The molecule has 0 spiro atoms. The van der Waals surface area contributed by atoms with Crippen LogP contribution in [0.25, 0.3) is 0 Å². The Hall–Kier alpha value is -1.03. The molecule has 0 aliphatic rings. The van der Waals surface area contributed by atoms with Crippen molar-refractivity contribution in [1.29, 1.82) is 0 Å². The van der Waals surface area contributed by atoms with Crippen LogP contribution in [0.15, 0.2) is 46.9 Å². The molecule has 0 aliphatic carbocycles. The van der Waals surface area contributed by atoms with Crippen molar-refractivity contribution in [2.75, 3.05) is 7.11 Å². The molecule has 20 heavy (non-hydrogen) atoms. The number of hydrogen-bond acceptors (Lipinski definition) is 2. The van der Waals surface area contributed by atoms with Crippen molar-refractivity contribution in [3.63, 3.8) is 0 Å². The van der Waals surface area contributed by atoms with E-state index in [1.807, 2.05) is 30.3 Å². The van der Waals surface area contributed by atoms with Crippen molar-refractivity contribution in [2.45, 2.75) is 19.5 Å². The van der Waals surface area contributed by atoms with E-state index in [9.17, 15) is 0 Å². The highest BCUT2D eigenvalue weighted by molar-refractivity contribution is 9.10. The Morgan fingerprint density at radius 2 is 2.05 bits per heavy atom. The van der Waals surface area contributed by atoms with Crippen LogP contribution in [0.3, 0.4) is 0 Å². The summed E-state index contributed by atoms with van der Waals surface area (Å²) in [5.41, 5.74) is 2.40. The summed E-state index contributed by atoms with van der Waals surface area (Å²) in [7, 11) is 1.68. The molecule has 0 unspecified atom stereocenters. The number of benzene rings is 2. The molecular weight excluding hydrogens is 338 g/mol. The number of nitrogens with one attached hydrogen (secondary N) is 1. The summed E-state index contributed by atoms with van der Waals surface area (Å²) < 4.78 is 6.17. The fourth-order valence-corrected chi connectivity index (χ4v) is 2.49. The van der Waals surface area contributed by atoms with Crippen molar-refractivity contribution in [2.24, 2.45) is 0 Å². The van der Waals surface area contributed by atoms with Gasteiger partial charge in [0.15, 0.2) is 0 Å². The molecule has 4 heteroatoms. The van der Waals surface area contributed by atoms with Gasteiger partial charge in [-0.1, -0.05) is 29.8 Å². The topological polar surface area (TPSA) is 21.3 Å². The van der Waals surface area contributed by atoms with Crippen LogP contribution >= 0.6 is 27.5 Å². The van der Waals surface area contributed by atoms with Gasteiger partial charge in [0.05, 0.1) is 12.1 Å². The van der Waals surface area contributed by atoms with Crippen molar-refractivity contribution in [3.05, 3.63) is 63.1 Å². The lowest BCUT2D eigenvalue weighted by Gasteiger charge is -2.15. The van der Waals surface area contributed by atoms with Gasteiger partial charge < -0.3 is 10.1 Å². The molecule has 0 saturated carbocycles. The molecule has 1 N–H and O–H groups in total. The van der Waals surface area contributed by atoms with Crippen LogP contribution in [-0.2, 0) is 6.54 Å². The Morgan fingerprint density at radius 3 is 2.75 bits per heavy atom. The van der Waals surface area contributed by atoms with Gasteiger partial charge in [-0.15, -0.1) is 0 Å². The van der Waals surface area contributed by atoms with Gasteiger partial charge in [-0.3, -0.25) is 0 Å². The number of methoxy groups -OCH3 is 1. The number of hydrogen-bond donors (Lipinski definition) is 1. The second-order valence-corrected chi connectivity index (χ2v) is 5.89. The third kappa shape index (κ3) is 3.98. The first-order valence-electron chi connectivity index (χ1n) is 6.41. The number of ether oxygens (including phenoxy) is 1. The molecule has 0 amide bonds. The van der Waals surface area contributed by atoms with Crippen molar-refractivity contribution < 1.29 is 4.74 Å². The summed E-state index contributed by atoms with van der Waals surface area (Å²) >= 11 is 9.43. The van der Waals surface area contributed by atoms with E-state index in [-0.39, 0.29) is 6.04 Å². The van der Waals surface area contributed by atoms with E-state index in [1.54, 1.807) is 7.11 Å². The van der Waals surface area contributed by atoms with E-state index >= 15 is 0 Å². The zero-order valence-electron chi connectivity index (χ0n) is 11.5. The van der Waals surface area contributed by atoms with E-state index in [2.05, 4.69) is 40.3 Å². The van der Waals surface area contributed by atoms with Crippen LogP contribution in [0, 0.1) is 0 Å². The zero-order chi connectivity index (χ0) is 14.5. The van der Waals surface area contributed by atoms with Gasteiger partial charge >= 0.3 is 0 Å². The first kappa shape index (κ1) is 15.4. The normalized spacial score (nSPS) is 12.2. The Bertz CT molecular complexity index is 588. The predicted octanol–water partition coefficient (Wildman–Crippen LogP) is 4.96. The monoisotopic (exact) mass is 353 g/mol. The summed E-state index contributed by atoms with van der Waals surface area (Å²) in [5.74, 6) is 0.880. The predicted molar refractivity (Wildman–Crippen MR) is 87.4 cm³/mol. The van der Waals surface area contributed by atoms with Crippen LogP contribution in [0.4, 0.5) is 0 Å². The maximum Gasteiger partial charge on any atom is 0.119 e. The van der Waals surface area contributed by atoms with Crippen molar-refractivity contribution in [1.82, 2.24) is 5.32 Å². The molecule has 1 atom stereocenters. The van der Waals surface area contributed by atoms with Gasteiger partial charge in [0.25, 0.3) is 0 Å². The molecule has 2 nitrogen and oxygen atoms in total. The highest BCUT2D eigenvalue weighted by atomic mass is 79.9. The molecule has 0 saturated heterocycles. The molecule has 2 rings (SSSR count). The average molecular weight is 355 g/mol. The highest BCUT2D eigenvalue weighted by Gasteiger charge is 2.06. The molecule has 2 aromatic carbocycles. The van der Waals surface area contributed by atoms with E-state index in [0.717, 1.165) is 21.8 Å². The quantitative estimate of drug-likeness (QED) is 0.819. The van der Waals surface area contributed by atoms with Gasteiger partial charge in [0.2, 0.25) is 0 Å². The summed E-state index contributed by atoms with van der Waals surface area (Å²) in [5, 5.41) is 4.22. The third-order valence-corrected chi connectivity index (χ3v) is 4.40. The second kappa shape index (κ2) is 7.11. The van der Waals surface area contributed by atoms with Crippen LogP contribution in [0.2, 0.25) is 5.02 Å². The number of rotatable bonds is 5. The van der Waals surface area contributed by atoms with Crippen LogP contribution in [-0.4, -0.2) is 7.11 Å². The summed E-state index contributed by atoms with van der Waals surface area (Å²) in [4.78, 5) is 0. The fourth-order valence-electron chi connectivity index (χ4n) is 1.95. The molecule has 0 fully saturated rings. The minimum Gasteiger partial charge on any atom is -0.497 e. The first-order valence-corrected chi connectivity index (χ1v) is 7.58. The smallest absolute Gasteiger partial charge is 0.119 e. The van der Waals surface area contributed by atoms with E-state index in [1.165, 1.54) is 11.1 Å². The van der Waals surface area contributed by atoms with Crippen molar-refractivity contribution >= 4 is 27.5 Å². The average Bonchev–Trinajstić information content (AvgIpc) is 2.48. The largest absolute Gasteiger partial charge is 0.497 e. The van der Waals surface area contributed by atoms with Gasteiger partial charge in [-0.25, -0.2) is 0 Å². The molecule has 2 aromatic rings. The van der Waals surface area contributed by atoms with Gasteiger partial charge in [0, 0.05) is 17.1 Å². The van der Waals surface area contributed by atoms with E-state index in [4.69, 9.17) is 16.3 Å². The number of halogens is 2. The highest BCUT2D eigenvalue weighted by Crippen LogP contribution is 2.24. The third-order valence-electron chi connectivity index (χ3n) is 3.19. The Balaban J connectivity index is 2.00. The van der Waals surface area contributed by atoms with E-state index in [0.29, 0.717) is 0 Å². The van der Waals surface area contributed by atoms with Crippen LogP contribution < -0.4 is 10.1 Å². The molecule has 106 valence electrons. The SMILES string of the molecule is COc1cccc([C@@H](C)NCc2ccc(Cl)c(Br)c2)c1. The standard InChI is InChI=1S/C16H17BrClNO/c1-11(13-4-3-5-14(9-13)20-2)19-10-12-6-7-16(18)15(17)8-12/h3-9,11,19H,10H2,1-2H3/t11-/m1/s1. The molecule has 0 radical (unpaired) electrons. The summed E-state index contributed by atoms with van der Waals surface area (Å²) in [6.07, 6.45) is 0. The zero-order valence-corrected chi connectivity index (χ0v) is 13.8. The minimum absolute atomic E-state index is 0.250.